The quantitative estimate of drug-likeness (QED) is 0.155. The first-order valence-electron chi connectivity index (χ1n) is 24.3. The van der Waals surface area contributed by atoms with Crippen LogP contribution in [0, 0.1) is 17.8 Å². The Kier molecular flexibility index (Phi) is 19.0. The second-order valence-electron chi connectivity index (χ2n) is 20.8. The summed E-state index contributed by atoms with van der Waals surface area (Å²) in [5, 5.41) is 62.8. The van der Waals surface area contributed by atoms with Crippen LogP contribution < -0.4 is 10.0 Å². The zero-order valence-corrected chi connectivity index (χ0v) is 43.8. The van der Waals surface area contributed by atoms with Crippen molar-refractivity contribution in [2.24, 2.45) is 17.8 Å². The number of aliphatic hydroxyl groups excluding tert-OH is 3. The Bertz CT molecular complexity index is 2130. The number of aliphatic hydroxyl groups is 5. The van der Waals surface area contributed by atoms with Gasteiger partial charge in [0.2, 0.25) is 0 Å². The predicted molar refractivity (Wildman–Crippen MR) is 261 cm³/mol. The van der Waals surface area contributed by atoms with E-state index in [0.29, 0.717) is 12.1 Å². The van der Waals surface area contributed by atoms with Crippen molar-refractivity contribution in [3.05, 3.63) is 54.6 Å². The number of benzene rings is 2. The molecular formula is C50H80N4O15S. The molecule has 3 heterocycles. The normalized spacial score (nSPS) is 39.6. The molecule has 2 amide bonds. The van der Waals surface area contributed by atoms with Crippen molar-refractivity contribution in [3.63, 3.8) is 0 Å². The van der Waals surface area contributed by atoms with Crippen LogP contribution in [0.3, 0.4) is 0 Å². The smallest absolute Gasteiger partial charge is 0.322 e. The Morgan fingerprint density at radius 3 is 2.10 bits per heavy atom. The summed E-state index contributed by atoms with van der Waals surface area (Å²) < 4.78 is 66.7. The summed E-state index contributed by atoms with van der Waals surface area (Å²) in [5.41, 5.74) is -4.47. The van der Waals surface area contributed by atoms with Crippen LogP contribution in [0.4, 0.5) is 16.2 Å². The molecule has 7 N–H and O–H groups in total. The van der Waals surface area contributed by atoms with Crippen LogP contribution in [-0.4, -0.2) is 174 Å². The molecule has 0 aliphatic carbocycles. The average molecular weight is 1010 g/mol. The van der Waals surface area contributed by atoms with Gasteiger partial charge in [-0.15, -0.1) is 0 Å². The van der Waals surface area contributed by atoms with Crippen molar-refractivity contribution in [3.8, 4) is 0 Å². The van der Waals surface area contributed by atoms with Crippen LogP contribution in [-0.2, 0) is 43.2 Å². The van der Waals surface area contributed by atoms with Gasteiger partial charge < -0.3 is 69.1 Å². The van der Waals surface area contributed by atoms with E-state index in [1.165, 1.54) is 43.2 Å². The van der Waals surface area contributed by atoms with Crippen molar-refractivity contribution in [2.45, 2.75) is 190 Å². The molecule has 0 spiro atoms. The number of anilines is 2. The van der Waals surface area contributed by atoms with E-state index >= 15 is 0 Å². The standard InChI is InChI=1S/C50H80N4O15S/c1-14-38-50(10,61)42(56)32(6)54(47(59)51-34-20-22-36(23-21-34)70(62,63)52-35-18-16-15-17-19-35)27-28(2)25-48(8,60)44(69-46-40(55)37(53(11)12)24-29(3)65-46)30(4)41(31(5)45(58)67-38)68-39-26-49(9,64-13)43(57)33(7)66-39/h15-23,28-33,37-44,46,52,55-57,60-61H,14,24-27H2,1-13H3,(H,51,59)/t28-,29-,30+,31-,32-,33+,37+,38-,39+,40-,41+,42-,43+,44-,46+,48-,49-,50-/m1/s1. The first-order chi connectivity index (χ1) is 32.6. The van der Waals surface area contributed by atoms with Crippen LogP contribution in [0.5, 0.6) is 0 Å². The predicted octanol–water partition coefficient (Wildman–Crippen LogP) is 4.30. The summed E-state index contributed by atoms with van der Waals surface area (Å²) in [7, 11) is 1.17. The number of cyclic esters (lactones) is 1. The molecular weight excluding hydrogens is 929 g/mol. The van der Waals surface area contributed by atoms with Crippen molar-refractivity contribution in [2.75, 3.05) is 37.8 Å². The third-order valence-corrected chi connectivity index (χ3v) is 16.0. The molecule has 0 aromatic heterocycles. The largest absolute Gasteiger partial charge is 0.459 e. The van der Waals surface area contributed by atoms with Gasteiger partial charge in [-0.2, -0.15) is 0 Å². The van der Waals surface area contributed by atoms with Gasteiger partial charge in [0.05, 0.1) is 52.5 Å². The number of urea groups is 1. The summed E-state index contributed by atoms with van der Waals surface area (Å²) in [4.78, 5) is 32.2. The summed E-state index contributed by atoms with van der Waals surface area (Å²) in [6.07, 6.45) is -10.5. The Morgan fingerprint density at radius 1 is 0.886 bits per heavy atom. The molecule has 2 aromatic rings. The fraction of sp³-hybridized carbons (Fsp3) is 0.720. The molecule has 3 saturated heterocycles. The summed E-state index contributed by atoms with van der Waals surface area (Å²) in [6.45, 7) is 16.4. The van der Waals surface area contributed by atoms with Gasteiger partial charge >= 0.3 is 12.0 Å². The Hall–Kier alpha value is -3.51. The molecule has 0 bridgehead atoms. The molecule has 3 fully saturated rings. The van der Waals surface area contributed by atoms with Crippen LogP contribution in [0.1, 0.15) is 94.9 Å². The Morgan fingerprint density at radius 2 is 1.51 bits per heavy atom. The number of rotatable bonds is 11. The fourth-order valence-electron chi connectivity index (χ4n) is 10.4. The van der Waals surface area contributed by atoms with Gasteiger partial charge in [0, 0.05) is 43.4 Å². The fourth-order valence-corrected chi connectivity index (χ4v) is 11.5. The topological polar surface area (TPSA) is 255 Å². The van der Waals surface area contributed by atoms with Crippen molar-refractivity contribution in [1.82, 2.24) is 9.80 Å². The lowest BCUT2D eigenvalue weighted by molar-refractivity contribution is -0.318. The van der Waals surface area contributed by atoms with Gasteiger partial charge in [0.1, 0.15) is 30.0 Å². The first-order valence-corrected chi connectivity index (χ1v) is 25.8. The minimum atomic E-state index is -3.98. The van der Waals surface area contributed by atoms with Gasteiger partial charge in [-0.05, 0) is 124 Å². The molecule has 3 aliphatic rings. The zero-order chi connectivity index (χ0) is 52.3. The van der Waals surface area contributed by atoms with Crippen molar-refractivity contribution >= 4 is 33.4 Å². The molecule has 0 saturated carbocycles. The number of esters is 1. The number of hydrogen-bond acceptors (Lipinski definition) is 16. The Balaban J connectivity index is 1.56. The highest BCUT2D eigenvalue weighted by Gasteiger charge is 2.53. The third kappa shape index (κ3) is 13.2. The van der Waals surface area contributed by atoms with Gasteiger partial charge in [-0.25, -0.2) is 13.2 Å². The summed E-state index contributed by atoms with van der Waals surface area (Å²) in [5.74, 6) is -3.46. The van der Waals surface area contributed by atoms with E-state index in [1.54, 1.807) is 85.7 Å². The van der Waals surface area contributed by atoms with E-state index in [1.807, 2.05) is 25.9 Å². The number of amides is 2. The molecule has 0 unspecified atom stereocenters. The molecule has 396 valence electrons. The third-order valence-electron chi connectivity index (χ3n) is 14.6. The molecule has 3 aliphatic heterocycles. The lowest BCUT2D eigenvalue weighted by Gasteiger charge is -2.48. The van der Waals surface area contributed by atoms with Crippen LogP contribution >= 0.6 is 0 Å². The lowest BCUT2D eigenvalue weighted by Crippen LogP contribution is -2.61. The minimum Gasteiger partial charge on any atom is -0.459 e. The number of likely N-dealkylation sites (N-methyl/N-ethyl adjacent to an activating group) is 1. The number of nitrogens with one attached hydrogen (secondary N) is 2. The number of methoxy groups -OCH3 is 1. The number of sulfonamides is 1. The molecule has 2 aromatic carbocycles. The van der Waals surface area contributed by atoms with E-state index in [9.17, 15) is 43.5 Å². The van der Waals surface area contributed by atoms with E-state index in [-0.39, 0.29) is 48.5 Å². The van der Waals surface area contributed by atoms with Gasteiger partial charge in [-0.1, -0.05) is 39.0 Å². The highest BCUT2D eigenvalue weighted by atomic mass is 32.2. The number of hydrogen-bond donors (Lipinski definition) is 7. The summed E-state index contributed by atoms with van der Waals surface area (Å²) in [6, 6.07) is 11.7. The zero-order valence-electron chi connectivity index (χ0n) is 43.0. The van der Waals surface area contributed by atoms with Gasteiger partial charge in [0.25, 0.3) is 10.0 Å². The number of ether oxygens (including phenoxy) is 6. The number of carbonyl (C=O) groups is 2. The molecule has 0 radical (unpaired) electrons. The highest BCUT2D eigenvalue weighted by Crippen LogP contribution is 2.40. The van der Waals surface area contributed by atoms with Gasteiger partial charge in [-0.3, -0.25) is 9.52 Å². The van der Waals surface area contributed by atoms with E-state index in [2.05, 4.69) is 10.0 Å². The first kappa shape index (κ1) is 57.4. The number of para-hydroxylation sites is 1. The maximum absolute atomic E-state index is 14.6. The van der Waals surface area contributed by atoms with E-state index < -0.39 is 118 Å². The minimum absolute atomic E-state index is 0.0449. The van der Waals surface area contributed by atoms with E-state index in [4.69, 9.17) is 28.4 Å². The highest BCUT2D eigenvalue weighted by molar-refractivity contribution is 7.92. The SMILES string of the molecule is CC[C@H]1OC(=O)[C@H](C)[C@@H](O[C@H]2C[C@@](C)(OC)[C@@H](O)[C@H](C)O2)[C@H](C)[C@@H](O[C@@H]2O[C@H](C)C[C@H](N(C)C)[C@H]2O)[C@](C)(O)C[C@@H](C)CN(C(=O)Nc2ccc(S(=O)(=O)Nc3ccccc3)cc2)[C@H](C)[C@@H](O)[C@]1(C)O. The lowest BCUT2D eigenvalue weighted by atomic mass is 9.77. The van der Waals surface area contributed by atoms with Crippen LogP contribution in [0.2, 0.25) is 0 Å². The van der Waals surface area contributed by atoms with Crippen molar-refractivity contribution in [1.29, 1.82) is 0 Å². The maximum Gasteiger partial charge on any atom is 0.322 e. The molecule has 20 heteroatoms. The average Bonchev–Trinajstić information content (AvgIpc) is 3.29. The number of carbonyl (C=O) groups excluding carboxylic acids is 2. The molecule has 18 atom stereocenters. The van der Waals surface area contributed by atoms with Gasteiger partial charge in [0.15, 0.2) is 12.6 Å². The molecule has 70 heavy (non-hydrogen) atoms. The Labute approximate surface area is 414 Å². The van der Waals surface area contributed by atoms with Crippen LogP contribution in [0.15, 0.2) is 59.5 Å². The number of nitrogens with zero attached hydrogens (tertiary/aromatic N) is 2. The summed E-state index contributed by atoms with van der Waals surface area (Å²) >= 11 is 0. The second-order valence-corrected chi connectivity index (χ2v) is 22.5. The molecule has 19 nitrogen and oxygen atoms in total. The van der Waals surface area contributed by atoms with E-state index in [0.717, 1.165) is 0 Å². The maximum atomic E-state index is 14.6. The monoisotopic (exact) mass is 1010 g/mol. The molecule has 5 rings (SSSR count). The van der Waals surface area contributed by atoms with Crippen molar-refractivity contribution < 1.29 is 72.0 Å². The van der Waals surface area contributed by atoms with Crippen LogP contribution in [0.25, 0.3) is 0 Å². The second kappa shape index (κ2) is 23.1.